The van der Waals surface area contributed by atoms with Gasteiger partial charge in [-0.15, -0.1) is 5.10 Å². The van der Waals surface area contributed by atoms with Crippen LogP contribution in [0.1, 0.15) is 5.56 Å². The van der Waals surface area contributed by atoms with Crippen LogP contribution in [0.5, 0.6) is 0 Å². The smallest absolute Gasteiger partial charge is 0.171 e. The van der Waals surface area contributed by atoms with E-state index >= 15 is 0 Å². The molecule has 1 N–H and O–H groups in total. The fourth-order valence-corrected chi connectivity index (χ4v) is 2.14. The monoisotopic (exact) mass is 356 g/mol. The summed E-state index contributed by atoms with van der Waals surface area (Å²) in [7, 11) is 0. The third-order valence-electron chi connectivity index (χ3n) is 2.03. The summed E-state index contributed by atoms with van der Waals surface area (Å²) in [5.41, 5.74) is 1.12. The number of benzene rings is 1. The summed E-state index contributed by atoms with van der Waals surface area (Å²) in [5, 5.41) is 20.1. The number of anilines is 2. The summed E-state index contributed by atoms with van der Waals surface area (Å²) in [6, 6.07) is 9.20. The minimum absolute atomic E-state index is 0.401. The van der Waals surface area contributed by atoms with E-state index in [1.165, 1.54) is 6.20 Å². The van der Waals surface area contributed by atoms with Crippen molar-refractivity contribution in [3.05, 3.63) is 44.6 Å². The zero-order valence-corrected chi connectivity index (χ0v) is 11.4. The van der Waals surface area contributed by atoms with E-state index in [1.807, 2.05) is 24.3 Å². The first kappa shape index (κ1) is 12.1. The number of hydrogen-bond donors (Lipinski definition) is 1. The van der Waals surface area contributed by atoms with Gasteiger partial charge in [-0.05, 0) is 46.9 Å². The van der Waals surface area contributed by atoms with Gasteiger partial charge in [0.15, 0.2) is 5.82 Å². The number of halogens is 2. The van der Waals surface area contributed by atoms with E-state index in [0.717, 1.165) is 3.57 Å². The standard InChI is InChI=1S/C11H6ClIN4/c12-9-5-8(13)1-2-10(9)16-11-7(6-14)3-4-15-17-11/h1-5H,(H,16,17). The van der Waals surface area contributed by atoms with Crippen LogP contribution in [-0.2, 0) is 0 Å². The lowest BCUT2D eigenvalue weighted by atomic mass is 10.3. The highest BCUT2D eigenvalue weighted by atomic mass is 127. The molecule has 84 valence electrons. The summed E-state index contributed by atoms with van der Waals surface area (Å²) < 4.78 is 1.04. The molecule has 0 atom stereocenters. The molecule has 0 spiro atoms. The summed E-state index contributed by atoms with van der Waals surface area (Å²) >= 11 is 8.25. The number of hydrogen-bond acceptors (Lipinski definition) is 4. The normalized spacial score (nSPS) is 9.71. The second-order valence-corrected chi connectivity index (χ2v) is 4.81. The van der Waals surface area contributed by atoms with Gasteiger partial charge in [0.1, 0.15) is 6.07 Å². The van der Waals surface area contributed by atoms with Crippen molar-refractivity contribution in [3.8, 4) is 6.07 Å². The molecule has 0 amide bonds. The predicted octanol–water partition coefficient (Wildman–Crippen LogP) is 3.35. The van der Waals surface area contributed by atoms with E-state index in [9.17, 15) is 0 Å². The van der Waals surface area contributed by atoms with Crippen molar-refractivity contribution in [1.82, 2.24) is 10.2 Å². The molecule has 2 rings (SSSR count). The predicted molar refractivity (Wildman–Crippen MR) is 74.2 cm³/mol. The second-order valence-electron chi connectivity index (χ2n) is 3.15. The molecular formula is C11H6ClIN4. The van der Waals surface area contributed by atoms with Crippen molar-refractivity contribution >= 4 is 45.7 Å². The van der Waals surface area contributed by atoms with Gasteiger partial charge in [-0.2, -0.15) is 10.4 Å². The lowest BCUT2D eigenvalue weighted by molar-refractivity contribution is 1.03. The van der Waals surface area contributed by atoms with Crippen molar-refractivity contribution < 1.29 is 0 Å². The highest BCUT2D eigenvalue weighted by molar-refractivity contribution is 14.1. The van der Waals surface area contributed by atoms with Crippen molar-refractivity contribution in [2.24, 2.45) is 0 Å². The second kappa shape index (κ2) is 5.29. The minimum atomic E-state index is 0.401. The van der Waals surface area contributed by atoms with E-state index in [-0.39, 0.29) is 0 Å². The Kier molecular flexibility index (Phi) is 3.76. The Labute approximate surface area is 117 Å². The van der Waals surface area contributed by atoms with Crippen LogP contribution in [0.3, 0.4) is 0 Å². The van der Waals surface area contributed by atoms with E-state index < -0.39 is 0 Å². The summed E-state index contributed by atoms with van der Waals surface area (Å²) in [4.78, 5) is 0. The maximum atomic E-state index is 8.92. The number of rotatable bonds is 2. The van der Waals surface area contributed by atoms with E-state index in [1.54, 1.807) is 6.07 Å². The Balaban J connectivity index is 2.35. The van der Waals surface area contributed by atoms with Crippen LogP contribution in [0.4, 0.5) is 11.5 Å². The van der Waals surface area contributed by atoms with Crippen LogP contribution >= 0.6 is 34.2 Å². The van der Waals surface area contributed by atoms with Crippen molar-refractivity contribution in [2.75, 3.05) is 5.32 Å². The molecule has 1 heterocycles. The zero-order chi connectivity index (χ0) is 12.3. The lowest BCUT2D eigenvalue weighted by Crippen LogP contribution is -1.98. The SMILES string of the molecule is N#Cc1ccnnc1Nc1ccc(I)cc1Cl. The molecule has 0 saturated carbocycles. The summed E-state index contributed by atoms with van der Waals surface area (Å²) in [6.45, 7) is 0. The van der Waals surface area contributed by atoms with Gasteiger partial charge in [0.25, 0.3) is 0 Å². The Morgan fingerprint density at radius 1 is 1.35 bits per heavy atom. The first-order valence-corrected chi connectivity index (χ1v) is 6.10. The van der Waals surface area contributed by atoms with Crippen LogP contribution in [0.15, 0.2) is 30.5 Å². The van der Waals surface area contributed by atoms with Crippen LogP contribution in [-0.4, -0.2) is 10.2 Å². The lowest BCUT2D eigenvalue weighted by Gasteiger charge is -2.08. The van der Waals surface area contributed by atoms with Crippen molar-refractivity contribution in [1.29, 1.82) is 5.26 Å². The van der Waals surface area contributed by atoms with Crippen LogP contribution in [0.2, 0.25) is 5.02 Å². The Morgan fingerprint density at radius 2 is 2.18 bits per heavy atom. The van der Waals surface area contributed by atoms with Crippen LogP contribution < -0.4 is 5.32 Å². The van der Waals surface area contributed by atoms with E-state index in [0.29, 0.717) is 22.1 Å². The number of nitriles is 1. The zero-order valence-electron chi connectivity index (χ0n) is 8.48. The molecule has 0 fully saturated rings. The molecule has 1 aromatic carbocycles. The highest BCUT2D eigenvalue weighted by Gasteiger charge is 2.06. The molecular weight excluding hydrogens is 351 g/mol. The number of aromatic nitrogens is 2. The molecule has 0 aliphatic heterocycles. The van der Waals surface area contributed by atoms with Gasteiger partial charge in [0, 0.05) is 3.57 Å². The summed E-state index contributed by atoms with van der Waals surface area (Å²) in [6.07, 6.45) is 1.47. The molecule has 0 aliphatic rings. The van der Waals surface area contributed by atoms with Gasteiger partial charge >= 0.3 is 0 Å². The van der Waals surface area contributed by atoms with Crippen molar-refractivity contribution in [3.63, 3.8) is 0 Å². The molecule has 0 bridgehead atoms. The maximum Gasteiger partial charge on any atom is 0.171 e. The van der Waals surface area contributed by atoms with Gasteiger partial charge in [-0.1, -0.05) is 11.6 Å². The van der Waals surface area contributed by atoms with Crippen LogP contribution in [0, 0.1) is 14.9 Å². The third-order valence-corrected chi connectivity index (χ3v) is 3.01. The average molecular weight is 357 g/mol. The molecule has 0 unspecified atom stereocenters. The third kappa shape index (κ3) is 2.84. The summed E-state index contributed by atoms with van der Waals surface area (Å²) in [5.74, 6) is 0.401. The average Bonchev–Trinajstić information content (AvgIpc) is 2.33. The molecule has 17 heavy (non-hydrogen) atoms. The fraction of sp³-hybridized carbons (Fsp3) is 0. The molecule has 4 nitrogen and oxygen atoms in total. The first-order chi connectivity index (χ1) is 8.20. The quantitative estimate of drug-likeness (QED) is 0.838. The van der Waals surface area contributed by atoms with Crippen LogP contribution in [0.25, 0.3) is 0 Å². The Morgan fingerprint density at radius 3 is 2.88 bits per heavy atom. The molecule has 0 radical (unpaired) electrons. The number of nitrogens with zero attached hydrogens (tertiary/aromatic N) is 3. The van der Waals surface area contributed by atoms with Gasteiger partial charge in [-0.25, -0.2) is 0 Å². The maximum absolute atomic E-state index is 8.92. The molecule has 2 aromatic rings. The first-order valence-electron chi connectivity index (χ1n) is 4.64. The Bertz CT molecular complexity index is 594. The van der Waals surface area contributed by atoms with Gasteiger partial charge in [0.05, 0.1) is 22.5 Å². The Hall–Kier alpha value is -1.39. The molecule has 6 heteroatoms. The highest BCUT2D eigenvalue weighted by Crippen LogP contribution is 2.27. The largest absolute Gasteiger partial charge is 0.336 e. The molecule has 0 aliphatic carbocycles. The van der Waals surface area contributed by atoms with Gasteiger partial charge < -0.3 is 5.32 Å². The molecule has 1 aromatic heterocycles. The van der Waals surface area contributed by atoms with E-state index in [2.05, 4.69) is 38.1 Å². The van der Waals surface area contributed by atoms with Gasteiger partial charge in [-0.3, -0.25) is 0 Å². The minimum Gasteiger partial charge on any atom is -0.336 e. The topological polar surface area (TPSA) is 61.6 Å². The van der Waals surface area contributed by atoms with Gasteiger partial charge in [0.2, 0.25) is 0 Å². The number of nitrogens with one attached hydrogen (secondary N) is 1. The van der Waals surface area contributed by atoms with E-state index in [4.69, 9.17) is 16.9 Å². The van der Waals surface area contributed by atoms with Crippen molar-refractivity contribution in [2.45, 2.75) is 0 Å². The fourth-order valence-electron chi connectivity index (χ4n) is 1.23. The molecule has 0 saturated heterocycles.